The number of anilines is 3. The summed E-state index contributed by atoms with van der Waals surface area (Å²) in [5.41, 5.74) is 0.542. The van der Waals surface area contributed by atoms with Crippen molar-refractivity contribution in [2.75, 3.05) is 30.9 Å². The average molecular weight is 434 g/mol. The lowest BCUT2D eigenvalue weighted by atomic mass is 10.2. The summed E-state index contributed by atoms with van der Waals surface area (Å²) in [5.74, 6) is 0.780. The Balaban J connectivity index is 0.00000225. The van der Waals surface area contributed by atoms with Crippen LogP contribution >= 0.6 is 28.3 Å². The Morgan fingerprint density at radius 2 is 2.28 bits per heavy atom. The topological polar surface area (TPSA) is 68.3 Å². The van der Waals surface area contributed by atoms with Crippen LogP contribution in [0.15, 0.2) is 28.9 Å². The minimum Gasteiger partial charge on any atom is -0.494 e. The molecule has 6 nitrogen and oxygen atoms in total. The molecule has 0 spiro atoms. The van der Waals surface area contributed by atoms with Crippen molar-refractivity contribution in [2.45, 2.75) is 18.9 Å². The normalized spacial score (nSPS) is 16.2. The molecule has 0 saturated carbocycles. The van der Waals surface area contributed by atoms with Gasteiger partial charge in [-0.1, -0.05) is 0 Å². The number of nitrogens with one attached hydrogen (secondary N) is 2. The zero-order chi connectivity index (χ0) is 16.9. The molecular formula is C16H19BrClFN4O2. The number of rotatable bonds is 6. The van der Waals surface area contributed by atoms with Gasteiger partial charge in [0.25, 0.3) is 0 Å². The molecule has 2 N–H and O–H groups in total. The lowest BCUT2D eigenvalue weighted by Crippen LogP contribution is -2.19. The molecule has 1 saturated heterocycles. The van der Waals surface area contributed by atoms with Crippen LogP contribution in [0.25, 0.3) is 0 Å². The third-order valence-electron chi connectivity index (χ3n) is 3.67. The number of hydrogen-bond acceptors (Lipinski definition) is 6. The summed E-state index contributed by atoms with van der Waals surface area (Å²) in [4.78, 5) is 8.60. The summed E-state index contributed by atoms with van der Waals surface area (Å²) in [6.07, 6.45) is 3.99. The molecule has 1 atom stereocenters. The van der Waals surface area contributed by atoms with Gasteiger partial charge in [-0.3, -0.25) is 0 Å². The first-order valence-corrected chi connectivity index (χ1v) is 8.43. The van der Waals surface area contributed by atoms with E-state index < -0.39 is 5.82 Å². The Kier molecular flexibility index (Phi) is 7.22. The molecule has 1 fully saturated rings. The van der Waals surface area contributed by atoms with E-state index in [9.17, 15) is 4.39 Å². The molecule has 1 aromatic heterocycles. The monoisotopic (exact) mass is 432 g/mol. The molecule has 3 rings (SSSR count). The van der Waals surface area contributed by atoms with E-state index in [1.165, 1.54) is 13.2 Å². The van der Waals surface area contributed by atoms with Crippen molar-refractivity contribution in [3.05, 3.63) is 34.7 Å². The maximum atomic E-state index is 13.8. The fourth-order valence-corrected chi connectivity index (χ4v) is 2.77. The zero-order valence-electron chi connectivity index (χ0n) is 13.6. The minimum absolute atomic E-state index is 0. The molecule has 25 heavy (non-hydrogen) atoms. The van der Waals surface area contributed by atoms with E-state index in [2.05, 4.69) is 36.5 Å². The van der Waals surface area contributed by atoms with E-state index in [0.717, 1.165) is 23.9 Å². The number of methoxy groups -OCH3 is 1. The number of hydrogen-bond donors (Lipinski definition) is 2. The number of aromatic nitrogens is 2. The zero-order valence-corrected chi connectivity index (χ0v) is 16.0. The van der Waals surface area contributed by atoms with Crippen LogP contribution in [0, 0.1) is 5.82 Å². The molecule has 136 valence electrons. The van der Waals surface area contributed by atoms with E-state index in [4.69, 9.17) is 9.47 Å². The lowest BCUT2D eigenvalue weighted by Gasteiger charge is -2.13. The first-order valence-electron chi connectivity index (χ1n) is 7.64. The van der Waals surface area contributed by atoms with E-state index in [1.807, 2.05) is 0 Å². The summed E-state index contributed by atoms with van der Waals surface area (Å²) in [6, 6.07) is 4.59. The van der Waals surface area contributed by atoms with E-state index in [0.29, 0.717) is 24.0 Å². The molecule has 0 amide bonds. The standard InChI is InChI=1S/C16H18BrFN4O2.ClH/c1-23-14-5-4-10(7-13(14)18)21-16-20-9-12(17)15(22-16)19-8-11-3-2-6-24-11;/h4-5,7,9,11H,2-3,6,8H2,1H3,(H2,19,20,21,22);1H. The number of nitrogens with zero attached hydrogens (tertiary/aromatic N) is 2. The number of benzene rings is 1. The van der Waals surface area contributed by atoms with Gasteiger partial charge in [-0.05, 0) is 40.9 Å². The molecule has 0 bridgehead atoms. The highest BCUT2D eigenvalue weighted by atomic mass is 79.9. The van der Waals surface area contributed by atoms with Crippen LogP contribution in [0.4, 0.5) is 21.8 Å². The molecule has 1 aromatic carbocycles. The highest BCUT2D eigenvalue weighted by Gasteiger charge is 2.16. The highest BCUT2D eigenvalue weighted by molar-refractivity contribution is 9.10. The van der Waals surface area contributed by atoms with Crippen molar-refractivity contribution in [1.82, 2.24) is 9.97 Å². The van der Waals surface area contributed by atoms with Gasteiger partial charge in [0.2, 0.25) is 5.95 Å². The Morgan fingerprint density at radius 1 is 1.44 bits per heavy atom. The summed E-state index contributed by atoms with van der Waals surface area (Å²) >= 11 is 3.42. The molecule has 1 unspecified atom stereocenters. The third kappa shape index (κ3) is 5.17. The molecule has 0 radical (unpaired) electrons. The second-order valence-electron chi connectivity index (χ2n) is 5.38. The van der Waals surface area contributed by atoms with Crippen molar-refractivity contribution >= 4 is 45.8 Å². The Morgan fingerprint density at radius 3 is 2.96 bits per heavy atom. The average Bonchev–Trinajstić information content (AvgIpc) is 3.09. The molecule has 9 heteroatoms. The van der Waals surface area contributed by atoms with Crippen LogP contribution < -0.4 is 15.4 Å². The van der Waals surface area contributed by atoms with Gasteiger partial charge in [0.15, 0.2) is 11.6 Å². The molecule has 1 aliphatic rings. The Labute approximate surface area is 160 Å². The molecule has 1 aliphatic heterocycles. The quantitative estimate of drug-likeness (QED) is 0.713. The molecule has 0 aliphatic carbocycles. The largest absolute Gasteiger partial charge is 0.494 e. The first kappa shape index (κ1) is 19.7. The fraction of sp³-hybridized carbons (Fsp3) is 0.375. The summed E-state index contributed by atoms with van der Waals surface area (Å²) in [6.45, 7) is 1.50. The highest BCUT2D eigenvalue weighted by Crippen LogP contribution is 2.25. The van der Waals surface area contributed by atoms with Crippen LogP contribution in [-0.2, 0) is 4.74 Å². The Bertz CT molecular complexity index is 717. The van der Waals surface area contributed by atoms with E-state index in [1.54, 1.807) is 18.3 Å². The van der Waals surface area contributed by atoms with Gasteiger partial charge in [-0.15, -0.1) is 12.4 Å². The predicted octanol–water partition coefficient (Wildman–Crippen LogP) is 4.14. The second kappa shape index (κ2) is 9.17. The second-order valence-corrected chi connectivity index (χ2v) is 6.23. The lowest BCUT2D eigenvalue weighted by molar-refractivity contribution is 0.120. The number of halogens is 3. The summed E-state index contributed by atoms with van der Waals surface area (Å²) in [5, 5.41) is 6.24. The van der Waals surface area contributed by atoms with Crippen molar-refractivity contribution in [2.24, 2.45) is 0 Å². The fourth-order valence-electron chi connectivity index (χ4n) is 2.44. The minimum atomic E-state index is -0.448. The smallest absolute Gasteiger partial charge is 0.229 e. The molecular weight excluding hydrogens is 415 g/mol. The van der Waals surface area contributed by atoms with Gasteiger partial charge < -0.3 is 20.1 Å². The van der Waals surface area contributed by atoms with Crippen molar-refractivity contribution in [3.8, 4) is 5.75 Å². The SMILES string of the molecule is COc1ccc(Nc2ncc(Br)c(NCC3CCCO3)n2)cc1F.Cl. The van der Waals surface area contributed by atoms with Crippen LogP contribution in [0.2, 0.25) is 0 Å². The molecule has 2 aromatic rings. The predicted molar refractivity (Wildman–Crippen MR) is 101 cm³/mol. The summed E-state index contributed by atoms with van der Waals surface area (Å²) < 4.78 is 25.0. The van der Waals surface area contributed by atoms with Gasteiger partial charge in [-0.25, -0.2) is 9.37 Å². The van der Waals surface area contributed by atoms with Crippen LogP contribution in [-0.4, -0.2) is 36.3 Å². The maximum absolute atomic E-state index is 13.8. The van der Waals surface area contributed by atoms with Gasteiger partial charge in [0.1, 0.15) is 5.82 Å². The van der Waals surface area contributed by atoms with Crippen LogP contribution in [0.3, 0.4) is 0 Å². The summed E-state index contributed by atoms with van der Waals surface area (Å²) in [7, 11) is 1.43. The van der Waals surface area contributed by atoms with Crippen molar-refractivity contribution in [3.63, 3.8) is 0 Å². The van der Waals surface area contributed by atoms with Crippen LogP contribution in [0.5, 0.6) is 5.75 Å². The van der Waals surface area contributed by atoms with Crippen molar-refractivity contribution in [1.29, 1.82) is 0 Å². The van der Waals surface area contributed by atoms with Gasteiger partial charge in [-0.2, -0.15) is 4.98 Å². The van der Waals surface area contributed by atoms with Gasteiger partial charge >= 0.3 is 0 Å². The van der Waals surface area contributed by atoms with Gasteiger partial charge in [0.05, 0.1) is 17.7 Å². The number of ether oxygens (including phenoxy) is 2. The Hall–Kier alpha value is -1.64. The van der Waals surface area contributed by atoms with E-state index in [-0.39, 0.29) is 24.3 Å². The molecule has 2 heterocycles. The van der Waals surface area contributed by atoms with E-state index >= 15 is 0 Å². The first-order chi connectivity index (χ1) is 11.7. The van der Waals surface area contributed by atoms with Crippen LogP contribution in [0.1, 0.15) is 12.8 Å². The van der Waals surface area contributed by atoms with Gasteiger partial charge in [0, 0.05) is 31.1 Å². The third-order valence-corrected chi connectivity index (χ3v) is 4.25. The maximum Gasteiger partial charge on any atom is 0.229 e. The van der Waals surface area contributed by atoms with Crippen molar-refractivity contribution < 1.29 is 13.9 Å².